The van der Waals surface area contributed by atoms with Gasteiger partial charge in [-0.1, -0.05) is 29.8 Å². The smallest absolute Gasteiger partial charge is 0.148 e. The molecule has 1 heterocycles. The van der Waals surface area contributed by atoms with E-state index in [0.29, 0.717) is 18.2 Å². The van der Waals surface area contributed by atoms with Crippen molar-refractivity contribution in [3.8, 4) is 5.75 Å². The number of aliphatic hydroxyl groups is 1. The maximum Gasteiger partial charge on any atom is 0.148 e. The van der Waals surface area contributed by atoms with E-state index in [4.69, 9.17) is 16.3 Å². The lowest BCUT2D eigenvalue weighted by atomic mass is 10.3. The Bertz CT molecular complexity index is 741. The van der Waals surface area contributed by atoms with E-state index in [1.807, 2.05) is 53.1 Å². The van der Waals surface area contributed by atoms with Crippen LogP contribution in [0.1, 0.15) is 5.82 Å². The summed E-state index contributed by atoms with van der Waals surface area (Å²) in [6, 6.07) is 15.1. The minimum absolute atomic E-state index is 0.0380. The molecule has 4 nitrogen and oxygen atoms in total. The molecular formula is C16H15ClN2O2. The molecular weight excluding hydrogens is 288 g/mol. The van der Waals surface area contributed by atoms with Crippen LogP contribution in [0, 0.1) is 0 Å². The summed E-state index contributed by atoms with van der Waals surface area (Å²) < 4.78 is 7.68. The third kappa shape index (κ3) is 3.01. The number of nitrogens with zero attached hydrogens (tertiary/aromatic N) is 2. The number of para-hydroxylation sites is 1. The van der Waals surface area contributed by atoms with E-state index in [0.717, 1.165) is 22.6 Å². The summed E-state index contributed by atoms with van der Waals surface area (Å²) in [7, 11) is 0. The lowest BCUT2D eigenvalue weighted by Gasteiger charge is -2.09. The third-order valence-corrected chi connectivity index (χ3v) is 3.46. The maximum atomic E-state index is 9.25. The topological polar surface area (TPSA) is 47.3 Å². The molecule has 1 N–H and O–H groups in total. The van der Waals surface area contributed by atoms with Gasteiger partial charge in [-0.3, -0.25) is 0 Å². The van der Waals surface area contributed by atoms with Crippen LogP contribution in [0.25, 0.3) is 11.0 Å². The Labute approximate surface area is 127 Å². The highest BCUT2D eigenvalue weighted by Gasteiger charge is 2.11. The minimum atomic E-state index is 0.0380. The molecule has 108 valence electrons. The molecule has 0 aliphatic heterocycles. The van der Waals surface area contributed by atoms with Gasteiger partial charge in [-0.25, -0.2) is 4.98 Å². The molecule has 0 spiro atoms. The molecule has 3 rings (SSSR count). The summed E-state index contributed by atoms with van der Waals surface area (Å²) in [5, 5.41) is 9.90. The van der Waals surface area contributed by atoms with E-state index in [1.165, 1.54) is 0 Å². The standard InChI is InChI=1S/C16H15ClN2O2/c17-12-6-7-14-15(10-12)19(8-9-20)16(18-14)11-21-13-4-2-1-3-5-13/h1-7,10,20H,8-9,11H2. The van der Waals surface area contributed by atoms with Crippen LogP contribution in [0.4, 0.5) is 0 Å². The molecule has 5 heteroatoms. The van der Waals surface area contributed by atoms with Crippen molar-refractivity contribution in [1.82, 2.24) is 9.55 Å². The zero-order chi connectivity index (χ0) is 14.7. The van der Waals surface area contributed by atoms with Crippen molar-refractivity contribution >= 4 is 22.6 Å². The van der Waals surface area contributed by atoms with Crippen molar-refractivity contribution in [3.63, 3.8) is 0 Å². The first-order valence-corrected chi connectivity index (χ1v) is 7.09. The number of benzene rings is 2. The van der Waals surface area contributed by atoms with Crippen molar-refractivity contribution in [2.45, 2.75) is 13.2 Å². The Morgan fingerprint density at radius 3 is 2.71 bits per heavy atom. The fourth-order valence-corrected chi connectivity index (χ4v) is 2.44. The molecule has 3 aromatic rings. The Kier molecular flexibility index (Phi) is 4.08. The van der Waals surface area contributed by atoms with Crippen LogP contribution in [-0.2, 0) is 13.2 Å². The van der Waals surface area contributed by atoms with Gasteiger partial charge in [0.1, 0.15) is 18.2 Å². The number of hydrogen-bond acceptors (Lipinski definition) is 3. The molecule has 0 atom stereocenters. The Hall–Kier alpha value is -2.04. The molecule has 1 aromatic heterocycles. The van der Waals surface area contributed by atoms with Crippen molar-refractivity contribution in [2.24, 2.45) is 0 Å². The summed E-state index contributed by atoms with van der Waals surface area (Å²) in [4.78, 5) is 4.56. The quantitative estimate of drug-likeness (QED) is 0.787. The second kappa shape index (κ2) is 6.16. The molecule has 0 unspecified atom stereocenters. The average Bonchev–Trinajstić information content (AvgIpc) is 2.84. The van der Waals surface area contributed by atoms with Crippen molar-refractivity contribution < 1.29 is 9.84 Å². The predicted molar refractivity (Wildman–Crippen MR) is 82.6 cm³/mol. The summed E-state index contributed by atoms with van der Waals surface area (Å²) in [5.41, 5.74) is 1.75. The molecule has 21 heavy (non-hydrogen) atoms. The number of fused-ring (bicyclic) bond motifs is 1. The van der Waals surface area contributed by atoms with Crippen molar-refractivity contribution in [1.29, 1.82) is 0 Å². The monoisotopic (exact) mass is 302 g/mol. The van der Waals surface area contributed by atoms with Crippen LogP contribution >= 0.6 is 11.6 Å². The first-order valence-electron chi connectivity index (χ1n) is 6.71. The van der Waals surface area contributed by atoms with Gasteiger partial charge in [-0.05, 0) is 30.3 Å². The number of rotatable bonds is 5. The van der Waals surface area contributed by atoms with Gasteiger partial charge in [-0.15, -0.1) is 0 Å². The van der Waals surface area contributed by atoms with Crippen LogP contribution in [0.5, 0.6) is 5.75 Å². The number of aromatic nitrogens is 2. The average molecular weight is 303 g/mol. The molecule has 0 saturated heterocycles. The summed E-state index contributed by atoms with van der Waals surface area (Å²) in [6.45, 7) is 0.844. The third-order valence-electron chi connectivity index (χ3n) is 3.22. The summed E-state index contributed by atoms with van der Waals surface area (Å²) in [6.07, 6.45) is 0. The maximum absolute atomic E-state index is 9.25. The van der Waals surface area contributed by atoms with Crippen LogP contribution in [0.3, 0.4) is 0 Å². The van der Waals surface area contributed by atoms with Gasteiger partial charge in [0.15, 0.2) is 0 Å². The SMILES string of the molecule is OCCn1c(COc2ccccc2)nc2ccc(Cl)cc21. The van der Waals surface area contributed by atoms with E-state index in [9.17, 15) is 5.11 Å². The lowest BCUT2D eigenvalue weighted by Crippen LogP contribution is -2.09. The molecule has 0 radical (unpaired) electrons. The number of ether oxygens (including phenoxy) is 1. The van der Waals surface area contributed by atoms with E-state index >= 15 is 0 Å². The second-order valence-electron chi connectivity index (χ2n) is 4.64. The lowest BCUT2D eigenvalue weighted by molar-refractivity contribution is 0.260. The van der Waals surface area contributed by atoms with Crippen LogP contribution < -0.4 is 4.74 Å². The number of halogens is 1. The highest BCUT2D eigenvalue weighted by molar-refractivity contribution is 6.31. The number of aliphatic hydroxyl groups excluding tert-OH is 1. The van der Waals surface area contributed by atoms with Gasteiger partial charge in [0.25, 0.3) is 0 Å². The Morgan fingerprint density at radius 1 is 1.14 bits per heavy atom. The zero-order valence-corrected chi connectivity index (χ0v) is 12.1. The van der Waals surface area contributed by atoms with Gasteiger partial charge in [0.05, 0.1) is 17.6 Å². The molecule has 0 fully saturated rings. The first kappa shape index (κ1) is 13.9. The van der Waals surface area contributed by atoms with Gasteiger partial charge >= 0.3 is 0 Å². The van der Waals surface area contributed by atoms with Crippen LogP contribution in [0.2, 0.25) is 5.02 Å². The molecule has 0 aliphatic rings. The highest BCUT2D eigenvalue weighted by atomic mass is 35.5. The van der Waals surface area contributed by atoms with E-state index in [1.54, 1.807) is 0 Å². The molecule has 0 aliphatic carbocycles. The van der Waals surface area contributed by atoms with Crippen LogP contribution in [0.15, 0.2) is 48.5 Å². The van der Waals surface area contributed by atoms with Gasteiger partial charge < -0.3 is 14.4 Å². The van der Waals surface area contributed by atoms with E-state index < -0.39 is 0 Å². The first-order chi connectivity index (χ1) is 10.3. The van der Waals surface area contributed by atoms with Gasteiger partial charge in [-0.2, -0.15) is 0 Å². The summed E-state index contributed by atoms with van der Waals surface area (Å²) in [5.74, 6) is 1.56. The van der Waals surface area contributed by atoms with Gasteiger partial charge in [0.2, 0.25) is 0 Å². The molecule has 0 bridgehead atoms. The normalized spacial score (nSPS) is 11.0. The summed E-state index contributed by atoms with van der Waals surface area (Å²) >= 11 is 6.04. The Balaban J connectivity index is 1.91. The Morgan fingerprint density at radius 2 is 1.95 bits per heavy atom. The molecule has 0 saturated carbocycles. The fraction of sp³-hybridized carbons (Fsp3) is 0.188. The van der Waals surface area contributed by atoms with E-state index in [-0.39, 0.29) is 6.61 Å². The largest absolute Gasteiger partial charge is 0.486 e. The highest BCUT2D eigenvalue weighted by Crippen LogP contribution is 2.21. The fourth-order valence-electron chi connectivity index (χ4n) is 2.27. The van der Waals surface area contributed by atoms with Crippen LogP contribution in [-0.4, -0.2) is 21.3 Å². The molecule has 2 aromatic carbocycles. The number of hydrogen-bond donors (Lipinski definition) is 1. The van der Waals surface area contributed by atoms with Gasteiger partial charge in [0, 0.05) is 11.6 Å². The van der Waals surface area contributed by atoms with E-state index in [2.05, 4.69) is 4.98 Å². The molecule has 0 amide bonds. The predicted octanol–water partition coefficient (Wildman–Crippen LogP) is 3.26. The zero-order valence-electron chi connectivity index (χ0n) is 11.4. The van der Waals surface area contributed by atoms with Crippen molar-refractivity contribution in [2.75, 3.05) is 6.61 Å². The number of imidazole rings is 1. The second-order valence-corrected chi connectivity index (χ2v) is 5.07. The minimum Gasteiger partial charge on any atom is -0.486 e. The van der Waals surface area contributed by atoms with Crippen molar-refractivity contribution in [3.05, 3.63) is 59.4 Å².